The molecule has 0 unspecified atom stereocenters. The minimum absolute atomic E-state index is 0.103. The van der Waals surface area contributed by atoms with Crippen LogP contribution in [0.5, 0.6) is 0 Å². The Balaban J connectivity index is 1.23. The number of carbonyl (C=O) groups is 1. The fraction of sp³-hybridized carbons (Fsp3) is 0.0667. The smallest absolute Gasteiger partial charge is 0.193 e. The van der Waals surface area contributed by atoms with E-state index >= 15 is 0 Å². The molecule has 8 rings (SSSR count). The van der Waals surface area contributed by atoms with Crippen molar-refractivity contribution in [3.63, 3.8) is 0 Å². The summed E-state index contributed by atoms with van der Waals surface area (Å²) in [5.41, 5.74) is 14.3. The largest absolute Gasteiger partial charge is 0.289 e. The van der Waals surface area contributed by atoms with Gasteiger partial charge in [0, 0.05) is 27.7 Å². The number of benzene rings is 6. The lowest BCUT2D eigenvalue weighted by molar-refractivity contribution is 0.103. The van der Waals surface area contributed by atoms with Crippen LogP contribution in [-0.4, -0.2) is 10.8 Å². The van der Waals surface area contributed by atoms with Crippen molar-refractivity contribution in [3.8, 4) is 55.9 Å². The summed E-state index contributed by atoms with van der Waals surface area (Å²) in [5, 5.41) is 0. The van der Waals surface area contributed by atoms with Crippen molar-refractivity contribution in [1.29, 1.82) is 0 Å². The van der Waals surface area contributed by atoms with Crippen LogP contribution in [0.2, 0.25) is 0 Å². The molecule has 1 aromatic heterocycles. The number of hydrogen-bond acceptors (Lipinski definition) is 2. The van der Waals surface area contributed by atoms with Gasteiger partial charge < -0.3 is 0 Å². The molecule has 2 nitrogen and oxygen atoms in total. The summed E-state index contributed by atoms with van der Waals surface area (Å²) in [7, 11) is 0. The number of rotatable bonds is 5. The fourth-order valence-corrected chi connectivity index (χ4v) is 7.01. The first-order chi connectivity index (χ1) is 23.0. The van der Waals surface area contributed by atoms with Crippen LogP contribution < -0.4 is 0 Å². The number of hydrogen-bond donors (Lipinski definition) is 0. The van der Waals surface area contributed by atoms with Crippen LogP contribution in [0.1, 0.15) is 40.9 Å². The molecule has 1 aliphatic carbocycles. The van der Waals surface area contributed by atoms with Gasteiger partial charge in [-0.3, -0.25) is 4.79 Å². The van der Waals surface area contributed by atoms with E-state index in [0.717, 1.165) is 78.1 Å². The van der Waals surface area contributed by atoms with E-state index < -0.39 is 0 Å². The lowest BCUT2D eigenvalue weighted by Gasteiger charge is -2.34. The first kappa shape index (κ1) is 28.6. The second-order valence-electron chi connectivity index (χ2n) is 12.7. The van der Waals surface area contributed by atoms with Gasteiger partial charge in [0.1, 0.15) is 0 Å². The molecule has 0 bridgehead atoms. The number of ketones is 1. The molecule has 0 amide bonds. The lowest BCUT2D eigenvalue weighted by Crippen LogP contribution is -2.30. The number of aromatic nitrogens is 1. The monoisotopic (exact) mass is 603 g/mol. The van der Waals surface area contributed by atoms with Gasteiger partial charge in [0.15, 0.2) is 5.78 Å². The summed E-state index contributed by atoms with van der Waals surface area (Å²) >= 11 is 0. The van der Waals surface area contributed by atoms with Gasteiger partial charge in [-0.05, 0) is 68.8 Å². The summed E-state index contributed by atoms with van der Waals surface area (Å²) in [6.07, 6.45) is 0. The van der Waals surface area contributed by atoms with Crippen molar-refractivity contribution >= 4 is 5.78 Å². The molecular weight excluding hydrogens is 571 g/mol. The molecule has 0 N–H and O–H groups in total. The molecular formula is C45H33NO. The third-order valence-electron chi connectivity index (χ3n) is 9.49. The molecule has 1 aliphatic rings. The molecule has 0 saturated carbocycles. The van der Waals surface area contributed by atoms with Crippen LogP contribution in [0, 0.1) is 0 Å². The predicted molar refractivity (Wildman–Crippen MR) is 193 cm³/mol. The molecule has 7 aromatic rings. The molecule has 224 valence electrons. The Bertz CT molecular complexity index is 2220. The Morgan fingerprint density at radius 1 is 0.383 bits per heavy atom. The molecule has 0 atom stereocenters. The number of nitrogens with zero attached hydrogens (tertiary/aromatic N) is 1. The van der Waals surface area contributed by atoms with Crippen LogP contribution in [0.4, 0.5) is 0 Å². The predicted octanol–water partition coefficient (Wildman–Crippen LogP) is 11.3. The average molecular weight is 604 g/mol. The van der Waals surface area contributed by atoms with Gasteiger partial charge in [-0.15, -0.1) is 0 Å². The van der Waals surface area contributed by atoms with E-state index in [4.69, 9.17) is 4.98 Å². The Morgan fingerprint density at radius 2 is 0.872 bits per heavy atom. The zero-order chi connectivity index (χ0) is 32.0. The molecule has 0 radical (unpaired) electrons. The van der Waals surface area contributed by atoms with Gasteiger partial charge in [0.2, 0.25) is 0 Å². The van der Waals surface area contributed by atoms with E-state index in [2.05, 4.69) is 141 Å². The summed E-state index contributed by atoms with van der Waals surface area (Å²) in [6, 6.07) is 56.8. The number of pyridine rings is 1. The van der Waals surface area contributed by atoms with Crippen LogP contribution in [0.3, 0.4) is 0 Å². The molecule has 0 spiro atoms. The Hall–Kier alpha value is -5.86. The molecule has 47 heavy (non-hydrogen) atoms. The van der Waals surface area contributed by atoms with E-state index in [1.54, 1.807) is 0 Å². The molecule has 1 heterocycles. The van der Waals surface area contributed by atoms with Gasteiger partial charge in [0.05, 0.1) is 11.4 Å². The number of fused-ring (bicyclic) bond motifs is 2. The maximum Gasteiger partial charge on any atom is 0.193 e. The SMILES string of the molecule is CC1(C)c2ccccc2C(=O)c2ccc(-c3cccc(-c4ccccc4-c4cc(-c5ccccc5)nc(-c5ccccc5)c4)c3)cc21. The Labute approximate surface area is 276 Å². The third kappa shape index (κ3) is 5.09. The maximum absolute atomic E-state index is 13.5. The summed E-state index contributed by atoms with van der Waals surface area (Å²) in [6.45, 7) is 4.44. The summed E-state index contributed by atoms with van der Waals surface area (Å²) in [5.74, 6) is 0.103. The van der Waals surface area contributed by atoms with Gasteiger partial charge in [-0.1, -0.05) is 153 Å². The lowest BCUT2D eigenvalue weighted by atomic mass is 9.68. The molecule has 2 heteroatoms. The van der Waals surface area contributed by atoms with E-state index in [0.29, 0.717) is 0 Å². The first-order valence-electron chi connectivity index (χ1n) is 16.1. The van der Waals surface area contributed by atoms with E-state index in [9.17, 15) is 4.79 Å². The van der Waals surface area contributed by atoms with Crippen molar-refractivity contribution in [2.45, 2.75) is 19.3 Å². The minimum Gasteiger partial charge on any atom is -0.289 e. The van der Waals surface area contributed by atoms with Crippen molar-refractivity contribution in [1.82, 2.24) is 4.98 Å². The van der Waals surface area contributed by atoms with E-state index in [1.807, 2.05) is 36.4 Å². The van der Waals surface area contributed by atoms with Crippen molar-refractivity contribution < 1.29 is 4.79 Å². The standard InChI is InChI=1S/C45H33NO/c1-45(2)40-23-12-11-22-38(40)44(47)39-25-24-33(27-41(39)45)32-18-13-19-34(26-32)36-20-9-10-21-37(36)35-28-42(30-14-5-3-6-15-30)46-43(29-35)31-16-7-4-8-17-31/h3-29H,1-2H3. The summed E-state index contributed by atoms with van der Waals surface area (Å²) < 4.78 is 0. The van der Waals surface area contributed by atoms with Crippen molar-refractivity contribution in [2.24, 2.45) is 0 Å². The molecule has 0 aliphatic heterocycles. The highest BCUT2D eigenvalue weighted by atomic mass is 16.1. The third-order valence-corrected chi connectivity index (χ3v) is 9.49. The maximum atomic E-state index is 13.5. The second kappa shape index (κ2) is 11.5. The first-order valence-corrected chi connectivity index (χ1v) is 16.1. The van der Waals surface area contributed by atoms with E-state index in [1.165, 1.54) is 0 Å². The minimum atomic E-state index is -0.283. The molecule has 0 fully saturated rings. The van der Waals surface area contributed by atoms with Gasteiger partial charge >= 0.3 is 0 Å². The highest BCUT2D eigenvalue weighted by Gasteiger charge is 2.36. The fourth-order valence-electron chi connectivity index (χ4n) is 7.01. The summed E-state index contributed by atoms with van der Waals surface area (Å²) in [4.78, 5) is 18.6. The average Bonchev–Trinajstić information content (AvgIpc) is 3.14. The van der Waals surface area contributed by atoms with Crippen LogP contribution >= 0.6 is 0 Å². The van der Waals surface area contributed by atoms with Crippen molar-refractivity contribution in [3.05, 3.63) is 186 Å². The number of carbonyl (C=O) groups excluding carboxylic acids is 1. The van der Waals surface area contributed by atoms with Crippen LogP contribution in [0.25, 0.3) is 55.9 Å². The zero-order valence-electron chi connectivity index (χ0n) is 26.4. The van der Waals surface area contributed by atoms with Crippen LogP contribution in [0.15, 0.2) is 164 Å². The molecule has 6 aromatic carbocycles. The normalized spacial score (nSPS) is 13.1. The van der Waals surface area contributed by atoms with Crippen molar-refractivity contribution in [2.75, 3.05) is 0 Å². The van der Waals surface area contributed by atoms with Crippen LogP contribution in [-0.2, 0) is 5.41 Å². The van der Waals surface area contributed by atoms with Gasteiger partial charge in [-0.2, -0.15) is 0 Å². The zero-order valence-corrected chi connectivity index (χ0v) is 26.4. The Kier molecular flexibility index (Phi) is 7.00. The Morgan fingerprint density at radius 3 is 1.53 bits per heavy atom. The van der Waals surface area contributed by atoms with Gasteiger partial charge in [0.25, 0.3) is 0 Å². The molecule has 0 saturated heterocycles. The second-order valence-corrected chi connectivity index (χ2v) is 12.7. The highest BCUT2D eigenvalue weighted by Crippen LogP contribution is 2.43. The quantitative estimate of drug-likeness (QED) is 0.196. The van der Waals surface area contributed by atoms with Gasteiger partial charge in [-0.25, -0.2) is 4.98 Å². The van der Waals surface area contributed by atoms with E-state index in [-0.39, 0.29) is 11.2 Å². The highest BCUT2D eigenvalue weighted by molar-refractivity contribution is 6.13. The topological polar surface area (TPSA) is 30.0 Å².